The number of rotatable bonds is 7. The molecule has 0 unspecified atom stereocenters. The Hall–Kier alpha value is -2.83. The molecule has 7 heteroatoms. The van der Waals surface area contributed by atoms with Crippen molar-refractivity contribution in [2.45, 2.75) is 33.9 Å². The molecule has 0 aliphatic carbocycles. The van der Waals surface area contributed by atoms with Crippen molar-refractivity contribution >= 4 is 11.9 Å². The van der Waals surface area contributed by atoms with Crippen molar-refractivity contribution in [3.63, 3.8) is 0 Å². The molecular formula is C18H25N5O2. The Labute approximate surface area is 147 Å². The van der Waals surface area contributed by atoms with Crippen molar-refractivity contribution in [3.05, 3.63) is 53.2 Å². The SMILES string of the molecule is CCNC(=NCC(=O)NCc1ccccc1)NCc1nc(C)c(C)o1. The van der Waals surface area contributed by atoms with E-state index in [1.807, 2.05) is 51.1 Å². The fraction of sp³-hybridized carbons (Fsp3) is 0.389. The monoisotopic (exact) mass is 343 g/mol. The van der Waals surface area contributed by atoms with E-state index in [1.165, 1.54) is 0 Å². The number of carbonyl (C=O) groups is 1. The van der Waals surface area contributed by atoms with E-state index in [4.69, 9.17) is 4.42 Å². The maximum absolute atomic E-state index is 11.9. The summed E-state index contributed by atoms with van der Waals surface area (Å²) in [5.41, 5.74) is 1.93. The molecule has 0 aliphatic rings. The molecule has 0 radical (unpaired) electrons. The van der Waals surface area contributed by atoms with Crippen LogP contribution in [0.5, 0.6) is 0 Å². The van der Waals surface area contributed by atoms with Crippen LogP contribution >= 0.6 is 0 Å². The van der Waals surface area contributed by atoms with E-state index in [0.29, 0.717) is 31.5 Å². The normalized spacial score (nSPS) is 11.2. The first kappa shape index (κ1) is 18.5. The lowest BCUT2D eigenvalue weighted by Gasteiger charge is -2.10. The van der Waals surface area contributed by atoms with Gasteiger partial charge in [-0.1, -0.05) is 30.3 Å². The van der Waals surface area contributed by atoms with Crippen molar-refractivity contribution in [2.24, 2.45) is 4.99 Å². The van der Waals surface area contributed by atoms with Crippen LogP contribution in [-0.4, -0.2) is 29.9 Å². The topological polar surface area (TPSA) is 91.5 Å². The Kier molecular flexibility index (Phi) is 7.00. The van der Waals surface area contributed by atoms with Crippen molar-refractivity contribution in [2.75, 3.05) is 13.1 Å². The summed E-state index contributed by atoms with van der Waals surface area (Å²) in [5.74, 6) is 1.81. The Morgan fingerprint density at radius 3 is 2.52 bits per heavy atom. The van der Waals surface area contributed by atoms with Gasteiger partial charge >= 0.3 is 0 Å². The van der Waals surface area contributed by atoms with Crippen LogP contribution in [0, 0.1) is 13.8 Å². The second-order valence-electron chi connectivity index (χ2n) is 5.56. The Bertz CT molecular complexity index is 690. The molecule has 0 fully saturated rings. The summed E-state index contributed by atoms with van der Waals surface area (Å²) in [6.07, 6.45) is 0. The Morgan fingerprint density at radius 2 is 1.88 bits per heavy atom. The van der Waals surface area contributed by atoms with Crippen LogP contribution < -0.4 is 16.0 Å². The first-order chi connectivity index (χ1) is 12.1. The van der Waals surface area contributed by atoms with Gasteiger partial charge in [0.05, 0.1) is 12.2 Å². The smallest absolute Gasteiger partial charge is 0.242 e. The van der Waals surface area contributed by atoms with Crippen molar-refractivity contribution in [1.82, 2.24) is 20.9 Å². The van der Waals surface area contributed by atoms with Gasteiger partial charge in [0.25, 0.3) is 0 Å². The maximum Gasteiger partial charge on any atom is 0.242 e. The lowest BCUT2D eigenvalue weighted by molar-refractivity contribution is -0.119. The van der Waals surface area contributed by atoms with E-state index in [-0.39, 0.29) is 12.5 Å². The van der Waals surface area contributed by atoms with Crippen LogP contribution in [0.4, 0.5) is 0 Å². The number of benzene rings is 1. The zero-order valence-corrected chi connectivity index (χ0v) is 14.9. The molecule has 1 aromatic carbocycles. The molecule has 3 N–H and O–H groups in total. The van der Waals surface area contributed by atoms with Crippen LogP contribution in [0.3, 0.4) is 0 Å². The van der Waals surface area contributed by atoms with Gasteiger partial charge in [0, 0.05) is 13.1 Å². The van der Waals surface area contributed by atoms with E-state index in [1.54, 1.807) is 0 Å². The van der Waals surface area contributed by atoms with Crippen LogP contribution in [0.25, 0.3) is 0 Å². The lowest BCUT2D eigenvalue weighted by Crippen LogP contribution is -2.38. The highest BCUT2D eigenvalue weighted by Gasteiger charge is 2.07. The molecule has 0 atom stereocenters. The van der Waals surface area contributed by atoms with Crippen molar-refractivity contribution < 1.29 is 9.21 Å². The molecule has 134 valence electrons. The van der Waals surface area contributed by atoms with Gasteiger partial charge in [0.2, 0.25) is 11.8 Å². The number of nitrogens with one attached hydrogen (secondary N) is 3. The Morgan fingerprint density at radius 1 is 1.12 bits per heavy atom. The van der Waals surface area contributed by atoms with E-state index in [2.05, 4.69) is 25.9 Å². The molecule has 0 spiro atoms. The predicted octanol–water partition coefficient (Wildman–Crippen LogP) is 1.66. The second kappa shape index (κ2) is 9.46. The average Bonchev–Trinajstić information content (AvgIpc) is 2.94. The molecule has 25 heavy (non-hydrogen) atoms. The quantitative estimate of drug-likeness (QED) is 0.525. The first-order valence-corrected chi connectivity index (χ1v) is 8.34. The number of aromatic nitrogens is 1. The summed E-state index contributed by atoms with van der Waals surface area (Å²) < 4.78 is 5.52. The lowest BCUT2D eigenvalue weighted by atomic mass is 10.2. The first-order valence-electron chi connectivity index (χ1n) is 8.34. The Balaban J connectivity index is 1.82. The third-order valence-corrected chi connectivity index (χ3v) is 3.54. The van der Waals surface area contributed by atoms with Crippen LogP contribution in [0.15, 0.2) is 39.7 Å². The third-order valence-electron chi connectivity index (χ3n) is 3.54. The van der Waals surface area contributed by atoms with E-state index < -0.39 is 0 Å². The van der Waals surface area contributed by atoms with Crippen LogP contribution in [0.1, 0.15) is 29.8 Å². The summed E-state index contributed by atoms with van der Waals surface area (Å²) in [6.45, 7) is 7.39. The predicted molar refractivity (Wildman–Crippen MR) is 97.1 cm³/mol. The van der Waals surface area contributed by atoms with E-state index in [0.717, 1.165) is 17.0 Å². The number of guanidine groups is 1. The number of aliphatic imine (C=N–C) groups is 1. The molecule has 7 nitrogen and oxygen atoms in total. The molecule has 0 aliphatic heterocycles. The minimum atomic E-state index is -0.135. The van der Waals surface area contributed by atoms with Crippen molar-refractivity contribution in [1.29, 1.82) is 0 Å². The summed E-state index contributed by atoms with van der Waals surface area (Å²) in [6, 6.07) is 9.77. The number of nitrogens with zero attached hydrogens (tertiary/aromatic N) is 2. The highest BCUT2D eigenvalue weighted by atomic mass is 16.4. The number of aryl methyl sites for hydroxylation is 2. The van der Waals surface area contributed by atoms with Crippen molar-refractivity contribution in [3.8, 4) is 0 Å². The number of hydrogen-bond donors (Lipinski definition) is 3. The van der Waals surface area contributed by atoms with Gasteiger partial charge < -0.3 is 20.4 Å². The standard InChI is InChI=1S/C18H25N5O2/c1-4-19-18(22-12-17-23-13(2)14(3)25-17)21-11-16(24)20-10-15-8-6-5-7-9-15/h5-9H,4,10-12H2,1-3H3,(H,20,24)(H2,19,21,22). The molecule has 0 saturated carbocycles. The average molecular weight is 343 g/mol. The molecule has 1 heterocycles. The minimum absolute atomic E-state index is 0.0474. The number of oxazole rings is 1. The number of amides is 1. The fourth-order valence-corrected chi connectivity index (χ4v) is 2.12. The van der Waals surface area contributed by atoms with Gasteiger partial charge in [0.15, 0.2) is 5.96 Å². The zero-order valence-electron chi connectivity index (χ0n) is 14.9. The zero-order chi connectivity index (χ0) is 18.1. The van der Waals surface area contributed by atoms with Gasteiger partial charge in [-0.2, -0.15) is 0 Å². The summed E-state index contributed by atoms with van der Waals surface area (Å²) in [4.78, 5) is 20.5. The number of hydrogen-bond acceptors (Lipinski definition) is 4. The van der Waals surface area contributed by atoms with E-state index >= 15 is 0 Å². The second-order valence-corrected chi connectivity index (χ2v) is 5.56. The summed E-state index contributed by atoms with van der Waals surface area (Å²) >= 11 is 0. The molecular weight excluding hydrogens is 318 g/mol. The third kappa shape index (κ3) is 6.29. The molecule has 0 bridgehead atoms. The summed E-state index contributed by atoms with van der Waals surface area (Å²) in [7, 11) is 0. The molecule has 2 aromatic rings. The number of carbonyl (C=O) groups excluding carboxylic acids is 1. The van der Waals surface area contributed by atoms with E-state index in [9.17, 15) is 4.79 Å². The minimum Gasteiger partial charge on any atom is -0.444 e. The van der Waals surface area contributed by atoms with Gasteiger partial charge in [-0.25, -0.2) is 9.98 Å². The molecule has 0 saturated heterocycles. The van der Waals surface area contributed by atoms with Gasteiger partial charge in [-0.15, -0.1) is 0 Å². The highest BCUT2D eigenvalue weighted by Crippen LogP contribution is 2.07. The molecule has 1 aromatic heterocycles. The highest BCUT2D eigenvalue weighted by molar-refractivity contribution is 5.84. The molecule has 2 rings (SSSR count). The molecule has 1 amide bonds. The maximum atomic E-state index is 11.9. The van der Waals surface area contributed by atoms with Gasteiger partial charge in [0.1, 0.15) is 12.3 Å². The summed E-state index contributed by atoms with van der Waals surface area (Å²) in [5, 5.41) is 9.05. The van der Waals surface area contributed by atoms with Crippen LogP contribution in [0.2, 0.25) is 0 Å². The largest absolute Gasteiger partial charge is 0.444 e. The van der Waals surface area contributed by atoms with Gasteiger partial charge in [-0.3, -0.25) is 4.79 Å². The van der Waals surface area contributed by atoms with Gasteiger partial charge in [-0.05, 0) is 26.3 Å². The van der Waals surface area contributed by atoms with Crippen LogP contribution in [-0.2, 0) is 17.9 Å². The fourth-order valence-electron chi connectivity index (χ4n) is 2.12.